The number of carbonyl (C=O) groups excluding carboxylic acids is 1. The summed E-state index contributed by atoms with van der Waals surface area (Å²) in [7, 11) is 0. The van der Waals surface area contributed by atoms with E-state index in [1.54, 1.807) is 18.2 Å². The van der Waals surface area contributed by atoms with Crippen molar-refractivity contribution in [3.05, 3.63) is 51.6 Å². The summed E-state index contributed by atoms with van der Waals surface area (Å²) in [5.74, 6) is 0.252. The van der Waals surface area contributed by atoms with E-state index in [1.165, 1.54) is 17.6 Å². The lowest BCUT2D eigenvalue weighted by Gasteiger charge is -2.01. The Kier molecular flexibility index (Phi) is 4.16. The summed E-state index contributed by atoms with van der Waals surface area (Å²) in [6.07, 6.45) is 3.13. The lowest BCUT2D eigenvalue weighted by molar-refractivity contribution is -0.117. The lowest BCUT2D eigenvalue weighted by Crippen LogP contribution is -2.23. The first kappa shape index (κ1) is 13.1. The smallest absolute Gasteiger partial charge is 0.262 e. The van der Waals surface area contributed by atoms with Crippen molar-refractivity contribution in [1.82, 2.24) is 5.32 Å². The number of rotatable bonds is 4. The first-order chi connectivity index (χ1) is 9.19. The fourth-order valence-corrected chi connectivity index (χ4v) is 2.32. The molecule has 4 nitrogen and oxygen atoms in total. The summed E-state index contributed by atoms with van der Waals surface area (Å²) in [6, 6.07) is 9.26. The minimum Gasteiger partial charge on any atom is -0.467 e. The lowest BCUT2D eigenvalue weighted by atomic mass is 10.2. The van der Waals surface area contributed by atoms with Crippen LogP contribution >= 0.6 is 11.3 Å². The number of furan rings is 1. The van der Waals surface area contributed by atoms with E-state index in [-0.39, 0.29) is 12.1 Å². The van der Waals surface area contributed by atoms with Crippen molar-refractivity contribution in [1.29, 1.82) is 5.26 Å². The van der Waals surface area contributed by atoms with Gasteiger partial charge in [-0.1, -0.05) is 0 Å². The molecule has 0 saturated heterocycles. The second kappa shape index (κ2) is 6.03. The number of amides is 1. The Hall–Kier alpha value is -2.32. The molecule has 2 aromatic heterocycles. The molecule has 96 valence electrons. The zero-order valence-electron chi connectivity index (χ0n) is 10.3. The molecular weight excluding hydrogens is 260 g/mol. The highest BCUT2D eigenvalue weighted by Gasteiger charge is 2.09. The van der Waals surface area contributed by atoms with Crippen molar-refractivity contribution < 1.29 is 9.21 Å². The third-order valence-corrected chi connectivity index (χ3v) is 3.36. The van der Waals surface area contributed by atoms with Crippen LogP contribution in [0.2, 0.25) is 0 Å². The van der Waals surface area contributed by atoms with Crippen molar-refractivity contribution in [3.63, 3.8) is 0 Å². The molecule has 0 spiro atoms. The maximum absolute atomic E-state index is 11.8. The minimum atomic E-state index is -0.398. The van der Waals surface area contributed by atoms with E-state index < -0.39 is 5.91 Å². The summed E-state index contributed by atoms with van der Waals surface area (Å²) >= 11 is 1.54. The van der Waals surface area contributed by atoms with Gasteiger partial charge >= 0.3 is 0 Å². The van der Waals surface area contributed by atoms with Gasteiger partial charge in [-0.25, -0.2) is 0 Å². The standard InChI is InChI=1S/C14H12N2O2S/c1-10-4-5-13(19-10)7-11(8-15)14(17)16-9-12-3-2-6-18-12/h2-7H,9H2,1H3,(H,16,17)/b11-7+. The van der Waals surface area contributed by atoms with E-state index in [0.29, 0.717) is 5.76 Å². The van der Waals surface area contributed by atoms with Crippen LogP contribution in [0.15, 0.2) is 40.5 Å². The summed E-state index contributed by atoms with van der Waals surface area (Å²) < 4.78 is 5.10. The number of carbonyl (C=O) groups is 1. The van der Waals surface area contributed by atoms with Crippen LogP contribution in [-0.2, 0) is 11.3 Å². The average Bonchev–Trinajstić information content (AvgIpc) is 3.04. The quantitative estimate of drug-likeness (QED) is 0.687. The van der Waals surface area contributed by atoms with E-state index >= 15 is 0 Å². The Morgan fingerprint density at radius 1 is 1.53 bits per heavy atom. The molecule has 2 aromatic rings. The van der Waals surface area contributed by atoms with Gasteiger partial charge < -0.3 is 9.73 Å². The van der Waals surface area contributed by atoms with Crippen LogP contribution in [0.5, 0.6) is 0 Å². The molecule has 0 saturated carbocycles. The molecule has 0 aliphatic rings. The topological polar surface area (TPSA) is 66.0 Å². The molecule has 19 heavy (non-hydrogen) atoms. The molecule has 0 fully saturated rings. The Morgan fingerprint density at radius 2 is 2.37 bits per heavy atom. The SMILES string of the molecule is Cc1ccc(/C=C(\C#N)C(=O)NCc2ccco2)s1. The normalized spacial score (nSPS) is 11.1. The maximum atomic E-state index is 11.8. The second-order valence-corrected chi connectivity index (χ2v) is 5.20. The summed E-state index contributed by atoms with van der Waals surface area (Å²) in [5, 5.41) is 11.7. The summed E-state index contributed by atoms with van der Waals surface area (Å²) in [6.45, 7) is 2.25. The number of nitrogens with zero attached hydrogens (tertiary/aromatic N) is 1. The number of hydrogen-bond acceptors (Lipinski definition) is 4. The second-order valence-electron chi connectivity index (χ2n) is 3.88. The van der Waals surface area contributed by atoms with Crippen LogP contribution in [0.4, 0.5) is 0 Å². The third kappa shape index (κ3) is 3.57. The van der Waals surface area contributed by atoms with Gasteiger partial charge in [0.1, 0.15) is 17.4 Å². The predicted octanol–water partition coefficient (Wildman–Crippen LogP) is 2.87. The third-order valence-electron chi connectivity index (χ3n) is 2.42. The molecule has 0 aliphatic carbocycles. The predicted molar refractivity (Wildman–Crippen MR) is 73.2 cm³/mol. The van der Waals surface area contributed by atoms with Crippen LogP contribution in [0.3, 0.4) is 0 Å². The average molecular weight is 272 g/mol. The molecule has 1 N–H and O–H groups in total. The summed E-state index contributed by atoms with van der Waals surface area (Å²) in [5.41, 5.74) is 0.0911. The van der Waals surface area contributed by atoms with Crippen LogP contribution in [0.25, 0.3) is 6.08 Å². The Labute approximate surface area is 115 Å². The van der Waals surface area contributed by atoms with Crippen molar-refractivity contribution in [2.45, 2.75) is 13.5 Å². The van der Waals surface area contributed by atoms with E-state index in [9.17, 15) is 4.79 Å². The highest BCUT2D eigenvalue weighted by molar-refractivity contribution is 7.12. The molecule has 0 radical (unpaired) electrons. The van der Waals surface area contributed by atoms with Gasteiger partial charge in [0.2, 0.25) is 0 Å². The molecule has 2 rings (SSSR count). The summed E-state index contributed by atoms with van der Waals surface area (Å²) in [4.78, 5) is 13.9. The van der Waals surface area contributed by atoms with E-state index in [4.69, 9.17) is 9.68 Å². The zero-order valence-corrected chi connectivity index (χ0v) is 11.2. The number of nitrogens with one attached hydrogen (secondary N) is 1. The van der Waals surface area contributed by atoms with Gasteiger partial charge in [0.05, 0.1) is 12.8 Å². The van der Waals surface area contributed by atoms with Crippen molar-refractivity contribution >= 4 is 23.3 Å². The fourth-order valence-electron chi connectivity index (χ4n) is 1.50. The Bertz CT molecular complexity index is 633. The molecule has 0 atom stereocenters. The van der Waals surface area contributed by atoms with E-state index in [0.717, 1.165) is 9.75 Å². The van der Waals surface area contributed by atoms with Gasteiger partial charge in [-0.2, -0.15) is 5.26 Å². The molecule has 5 heteroatoms. The van der Waals surface area contributed by atoms with Crippen LogP contribution in [-0.4, -0.2) is 5.91 Å². The van der Waals surface area contributed by atoms with Crippen LogP contribution < -0.4 is 5.32 Å². The van der Waals surface area contributed by atoms with Crippen LogP contribution in [0.1, 0.15) is 15.5 Å². The number of nitriles is 1. The van der Waals surface area contributed by atoms with Gasteiger partial charge in [0, 0.05) is 9.75 Å². The first-order valence-electron chi connectivity index (χ1n) is 5.68. The molecule has 0 bridgehead atoms. The highest BCUT2D eigenvalue weighted by Crippen LogP contribution is 2.18. The van der Waals surface area contributed by atoms with Crippen molar-refractivity contribution in [2.24, 2.45) is 0 Å². The molecule has 2 heterocycles. The Balaban J connectivity index is 2.03. The van der Waals surface area contributed by atoms with E-state index in [1.807, 2.05) is 25.1 Å². The zero-order chi connectivity index (χ0) is 13.7. The number of thiophene rings is 1. The number of hydrogen-bond donors (Lipinski definition) is 1. The van der Waals surface area contributed by atoms with Gasteiger partial charge in [0.25, 0.3) is 5.91 Å². The highest BCUT2D eigenvalue weighted by atomic mass is 32.1. The Morgan fingerprint density at radius 3 is 2.95 bits per heavy atom. The maximum Gasteiger partial charge on any atom is 0.262 e. The minimum absolute atomic E-state index is 0.0911. The largest absolute Gasteiger partial charge is 0.467 e. The van der Waals surface area contributed by atoms with Gasteiger partial charge in [-0.15, -0.1) is 11.3 Å². The number of aryl methyl sites for hydroxylation is 1. The molecule has 0 aliphatic heterocycles. The molecular formula is C14H12N2O2S. The molecule has 0 aromatic carbocycles. The van der Waals surface area contributed by atoms with Crippen molar-refractivity contribution in [2.75, 3.05) is 0 Å². The van der Waals surface area contributed by atoms with Crippen LogP contribution in [0, 0.1) is 18.3 Å². The fraction of sp³-hybridized carbons (Fsp3) is 0.143. The van der Waals surface area contributed by atoms with Gasteiger partial charge in [0.15, 0.2) is 0 Å². The van der Waals surface area contributed by atoms with E-state index in [2.05, 4.69) is 5.32 Å². The monoisotopic (exact) mass is 272 g/mol. The molecule has 1 amide bonds. The van der Waals surface area contributed by atoms with Crippen molar-refractivity contribution in [3.8, 4) is 6.07 Å². The van der Waals surface area contributed by atoms with Gasteiger partial charge in [-0.3, -0.25) is 4.79 Å². The molecule has 0 unspecified atom stereocenters. The van der Waals surface area contributed by atoms with Gasteiger partial charge in [-0.05, 0) is 37.3 Å². The first-order valence-corrected chi connectivity index (χ1v) is 6.49.